The van der Waals surface area contributed by atoms with Crippen LogP contribution in [-0.2, 0) is 0 Å². The fourth-order valence-electron chi connectivity index (χ4n) is 6.85. The number of nitrogens with zero attached hydrogens (tertiary/aromatic N) is 4. The first-order valence-electron chi connectivity index (χ1n) is 15.2. The van der Waals surface area contributed by atoms with Crippen molar-refractivity contribution >= 4 is 83.0 Å². The molecule has 6 heteroatoms. The fourth-order valence-corrected chi connectivity index (χ4v) is 6.85. The van der Waals surface area contributed by atoms with E-state index in [1.54, 1.807) is 12.4 Å². The number of benzene rings is 5. The minimum absolute atomic E-state index is 0.770. The predicted molar refractivity (Wildman–Crippen MR) is 186 cm³/mol. The highest BCUT2D eigenvalue weighted by atomic mass is 16.3. The Hall–Kier alpha value is -6.40. The molecule has 0 saturated heterocycles. The molecule has 0 aliphatic heterocycles. The maximum Gasteiger partial charge on any atom is 0.153 e. The Balaban J connectivity index is 1.24. The van der Waals surface area contributed by atoms with E-state index in [1.807, 2.05) is 24.3 Å². The predicted octanol–water partition coefficient (Wildman–Crippen LogP) is 10.8. The summed E-state index contributed by atoms with van der Waals surface area (Å²) >= 11 is 0. The molecule has 216 valence electrons. The minimum Gasteiger partial charge on any atom is -0.454 e. The smallest absolute Gasteiger partial charge is 0.153 e. The van der Waals surface area contributed by atoms with Gasteiger partial charge in [-0.05, 0) is 78.9 Å². The van der Waals surface area contributed by atoms with Crippen LogP contribution in [0.4, 0.5) is 17.1 Å². The van der Waals surface area contributed by atoms with E-state index < -0.39 is 0 Å². The largest absolute Gasteiger partial charge is 0.454 e. The summed E-state index contributed by atoms with van der Waals surface area (Å²) in [7, 11) is 0. The number of rotatable bonds is 4. The number of aromatic nitrogens is 3. The molecule has 0 N–H and O–H groups in total. The van der Waals surface area contributed by atoms with Gasteiger partial charge in [0.05, 0.1) is 11.0 Å². The quantitative estimate of drug-likeness (QED) is 0.203. The lowest BCUT2D eigenvalue weighted by molar-refractivity contribution is 0.668. The van der Waals surface area contributed by atoms with E-state index in [9.17, 15) is 0 Å². The molecule has 6 nitrogen and oxygen atoms in total. The molecule has 0 aliphatic rings. The van der Waals surface area contributed by atoms with E-state index in [0.29, 0.717) is 0 Å². The molecule has 0 spiro atoms. The van der Waals surface area contributed by atoms with Gasteiger partial charge in [0.2, 0.25) is 0 Å². The minimum atomic E-state index is 0.770. The molecular weight excluding hydrogens is 568 g/mol. The van der Waals surface area contributed by atoms with E-state index in [4.69, 9.17) is 8.83 Å². The molecule has 0 atom stereocenters. The van der Waals surface area contributed by atoms with Crippen LogP contribution in [-0.4, -0.2) is 14.5 Å². The van der Waals surface area contributed by atoms with Crippen molar-refractivity contribution in [1.82, 2.24) is 14.5 Å². The molecule has 0 amide bonds. The van der Waals surface area contributed by atoms with Gasteiger partial charge in [0.1, 0.15) is 22.2 Å². The lowest BCUT2D eigenvalue weighted by Gasteiger charge is -2.25. The number of furan rings is 2. The summed E-state index contributed by atoms with van der Waals surface area (Å²) < 4.78 is 14.9. The lowest BCUT2D eigenvalue weighted by atomic mass is 10.1. The average Bonchev–Trinajstić information content (AvgIpc) is 3.77. The molecule has 10 rings (SSSR count). The van der Waals surface area contributed by atoms with E-state index in [1.165, 1.54) is 16.3 Å². The van der Waals surface area contributed by atoms with Gasteiger partial charge in [0.15, 0.2) is 11.2 Å². The van der Waals surface area contributed by atoms with Gasteiger partial charge in [0.25, 0.3) is 0 Å². The molecule has 10 aromatic rings. The van der Waals surface area contributed by atoms with Gasteiger partial charge in [-0.1, -0.05) is 42.5 Å². The lowest BCUT2D eigenvalue weighted by Crippen LogP contribution is -2.10. The van der Waals surface area contributed by atoms with E-state index >= 15 is 0 Å². The topological polar surface area (TPSA) is 60.2 Å². The highest BCUT2D eigenvalue weighted by Crippen LogP contribution is 2.42. The molecule has 0 bridgehead atoms. The summed E-state index contributed by atoms with van der Waals surface area (Å²) in [5.41, 5.74) is 11.2. The molecular formula is C40H24N4O2. The summed E-state index contributed by atoms with van der Waals surface area (Å²) in [6, 6.07) is 46.2. The molecule has 5 heterocycles. The zero-order valence-corrected chi connectivity index (χ0v) is 24.5. The second-order valence-corrected chi connectivity index (χ2v) is 11.5. The first-order valence-corrected chi connectivity index (χ1v) is 15.2. The number of hydrogen-bond donors (Lipinski definition) is 0. The van der Waals surface area contributed by atoms with E-state index in [0.717, 1.165) is 72.4 Å². The van der Waals surface area contributed by atoms with Gasteiger partial charge in [-0.2, -0.15) is 0 Å². The maximum atomic E-state index is 6.29. The van der Waals surface area contributed by atoms with Crippen LogP contribution in [0.2, 0.25) is 0 Å². The third kappa shape index (κ3) is 3.64. The number of anilines is 3. The molecule has 0 unspecified atom stereocenters. The van der Waals surface area contributed by atoms with Crippen LogP contribution < -0.4 is 4.90 Å². The average molecular weight is 593 g/mol. The SMILES string of the molecule is c1ccc(-n2c3ccccc3c3ccc(N(c4ccc5c(c4)oc4cccnc45)c4ccc5c(c4)oc4cccnc45)cc32)cc1. The number of pyridine rings is 2. The number of para-hydroxylation sites is 2. The Morgan fingerprint density at radius 1 is 0.435 bits per heavy atom. The molecule has 46 heavy (non-hydrogen) atoms. The van der Waals surface area contributed by atoms with Gasteiger partial charge in [0, 0.05) is 68.8 Å². The van der Waals surface area contributed by atoms with Gasteiger partial charge < -0.3 is 18.3 Å². The Kier molecular flexibility index (Phi) is 5.19. The molecule has 0 aliphatic carbocycles. The van der Waals surface area contributed by atoms with Crippen molar-refractivity contribution < 1.29 is 8.83 Å². The number of fused-ring (bicyclic) bond motifs is 9. The third-order valence-corrected chi connectivity index (χ3v) is 8.87. The van der Waals surface area contributed by atoms with Crippen LogP contribution in [0.1, 0.15) is 0 Å². The molecule has 0 fully saturated rings. The Morgan fingerprint density at radius 3 is 1.63 bits per heavy atom. The van der Waals surface area contributed by atoms with Crippen LogP contribution in [0.5, 0.6) is 0 Å². The van der Waals surface area contributed by atoms with Crippen molar-refractivity contribution in [2.24, 2.45) is 0 Å². The van der Waals surface area contributed by atoms with Crippen molar-refractivity contribution in [2.75, 3.05) is 4.90 Å². The van der Waals surface area contributed by atoms with Crippen LogP contribution in [0, 0.1) is 0 Å². The van der Waals surface area contributed by atoms with Gasteiger partial charge >= 0.3 is 0 Å². The summed E-state index contributed by atoms with van der Waals surface area (Å²) in [4.78, 5) is 11.4. The Morgan fingerprint density at radius 2 is 0.978 bits per heavy atom. The fraction of sp³-hybridized carbons (Fsp3) is 0. The molecule has 0 radical (unpaired) electrons. The monoisotopic (exact) mass is 592 g/mol. The summed E-state index contributed by atoms with van der Waals surface area (Å²) in [6.07, 6.45) is 3.60. The Labute approximate surface area is 262 Å². The highest BCUT2D eigenvalue weighted by Gasteiger charge is 2.20. The summed E-state index contributed by atoms with van der Waals surface area (Å²) in [6.45, 7) is 0. The number of hydrogen-bond acceptors (Lipinski definition) is 5. The first kappa shape index (κ1) is 25.0. The van der Waals surface area contributed by atoms with Crippen LogP contribution in [0.25, 0.3) is 71.6 Å². The van der Waals surface area contributed by atoms with Gasteiger partial charge in [-0.3, -0.25) is 9.97 Å². The van der Waals surface area contributed by atoms with Crippen molar-refractivity contribution in [3.63, 3.8) is 0 Å². The first-order chi connectivity index (χ1) is 22.8. The molecule has 5 aromatic heterocycles. The van der Waals surface area contributed by atoms with Gasteiger partial charge in [-0.25, -0.2) is 0 Å². The van der Waals surface area contributed by atoms with Crippen molar-refractivity contribution in [3.8, 4) is 5.69 Å². The highest BCUT2D eigenvalue weighted by molar-refractivity contribution is 6.11. The zero-order valence-electron chi connectivity index (χ0n) is 24.5. The normalized spacial score (nSPS) is 11.9. The van der Waals surface area contributed by atoms with Crippen LogP contribution >= 0.6 is 0 Å². The standard InChI is InChI=1S/C40H24N4O2/c1-2-8-25(9-3-1)44-33-11-5-4-10-29(33)30-17-14-26(22-34(30)44)43(27-15-18-31-37(23-27)45-35-12-6-20-41-39(31)35)28-16-19-32-38(24-28)46-36-13-7-21-42-40(32)36/h1-24H. The van der Waals surface area contributed by atoms with E-state index in [-0.39, 0.29) is 0 Å². The maximum absolute atomic E-state index is 6.29. The summed E-state index contributed by atoms with van der Waals surface area (Å²) in [5, 5.41) is 4.38. The van der Waals surface area contributed by atoms with E-state index in [2.05, 4.69) is 129 Å². The van der Waals surface area contributed by atoms with Crippen LogP contribution in [0.3, 0.4) is 0 Å². The van der Waals surface area contributed by atoms with Crippen LogP contribution in [0.15, 0.2) is 155 Å². The van der Waals surface area contributed by atoms with Crippen molar-refractivity contribution in [1.29, 1.82) is 0 Å². The zero-order chi connectivity index (χ0) is 30.2. The third-order valence-electron chi connectivity index (χ3n) is 8.87. The summed E-state index contributed by atoms with van der Waals surface area (Å²) in [5.74, 6) is 0. The second-order valence-electron chi connectivity index (χ2n) is 11.5. The molecule has 5 aromatic carbocycles. The van der Waals surface area contributed by atoms with Crippen molar-refractivity contribution in [3.05, 3.63) is 146 Å². The molecule has 0 saturated carbocycles. The van der Waals surface area contributed by atoms with Gasteiger partial charge in [-0.15, -0.1) is 0 Å². The Bertz CT molecular complexity index is 2660. The van der Waals surface area contributed by atoms with Crippen molar-refractivity contribution in [2.45, 2.75) is 0 Å². The second kappa shape index (κ2) is 9.55.